The van der Waals surface area contributed by atoms with Crippen LogP contribution in [0.15, 0.2) is 0 Å². The Balaban J connectivity index is 2.64. The molecule has 0 spiro atoms. The summed E-state index contributed by atoms with van der Waals surface area (Å²) in [5.74, 6) is -0.187. The number of hydrogen-bond acceptors (Lipinski definition) is 4. The molecule has 94 valence electrons. The largest absolute Gasteiger partial charge is 0.469 e. The molecular formula is C12H23NO3. The zero-order valence-electron chi connectivity index (χ0n) is 10.7. The molecule has 0 saturated heterocycles. The molecule has 0 aliphatic heterocycles. The van der Waals surface area contributed by atoms with Crippen LogP contribution in [0.25, 0.3) is 0 Å². The molecule has 0 aromatic rings. The molecule has 1 aliphatic carbocycles. The maximum Gasteiger partial charge on any atom is 0.306 e. The monoisotopic (exact) mass is 229 g/mol. The van der Waals surface area contributed by atoms with Crippen LogP contribution in [-0.2, 0) is 14.3 Å². The molecule has 1 aliphatic rings. The van der Waals surface area contributed by atoms with Crippen molar-refractivity contribution in [1.82, 2.24) is 0 Å². The Kier molecular flexibility index (Phi) is 3.97. The van der Waals surface area contributed by atoms with E-state index in [2.05, 4.69) is 0 Å². The number of carbonyl (C=O) groups is 1. The highest BCUT2D eigenvalue weighted by molar-refractivity contribution is 5.70. The number of ether oxygens (including phenoxy) is 2. The fraction of sp³-hybridized carbons (Fsp3) is 0.917. The Morgan fingerprint density at radius 3 is 2.44 bits per heavy atom. The summed E-state index contributed by atoms with van der Waals surface area (Å²) in [5, 5.41) is 0. The second kappa shape index (κ2) is 4.72. The fourth-order valence-electron chi connectivity index (χ4n) is 2.41. The van der Waals surface area contributed by atoms with Gasteiger partial charge in [-0.3, -0.25) is 4.79 Å². The van der Waals surface area contributed by atoms with Gasteiger partial charge in [-0.05, 0) is 33.6 Å². The van der Waals surface area contributed by atoms with E-state index in [1.165, 1.54) is 7.11 Å². The summed E-state index contributed by atoms with van der Waals surface area (Å²) < 4.78 is 10.3. The van der Waals surface area contributed by atoms with Gasteiger partial charge >= 0.3 is 5.97 Å². The number of rotatable bonds is 5. The summed E-state index contributed by atoms with van der Waals surface area (Å²) in [7, 11) is 1.41. The first-order valence-corrected chi connectivity index (χ1v) is 5.82. The molecule has 0 aromatic heterocycles. The molecule has 2 N–H and O–H groups in total. The molecule has 1 fully saturated rings. The van der Waals surface area contributed by atoms with Crippen molar-refractivity contribution in [3.8, 4) is 0 Å². The predicted molar refractivity (Wildman–Crippen MR) is 62.0 cm³/mol. The molecule has 0 radical (unpaired) electrons. The molecule has 0 amide bonds. The fourth-order valence-corrected chi connectivity index (χ4v) is 2.41. The van der Waals surface area contributed by atoms with E-state index in [1.54, 1.807) is 0 Å². The third-order valence-electron chi connectivity index (χ3n) is 3.72. The van der Waals surface area contributed by atoms with Crippen molar-refractivity contribution in [2.24, 2.45) is 11.1 Å². The van der Waals surface area contributed by atoms with E-state index in [-0.39, 0.29) is 23.0 Å². The van der Waals surface area contributed by atoms with Crippen molar-refractivity contribution in [1.29, 1.82) is 0 Å². The minimum absolute atomic E-state index is 0.167. The van der Waals surface area contributed by atoms with Crippen LogP contribution in [0.2, 0.25) is 0 Å². The normalized spacial score (nSPS) is 29.7. The lowest BCUT2D eigenvalue weighted by Gasteiger charge is -2.54. The van der Waals surface area contributed by atoms with Gasteiger partial charge in [-0.15, -0.1) is 0 Å². The van der Waals surface area contributed by atoms with Gasteiger partial charge in [-0.25, -0.2) is 0 Å². The Morgan fingerprint density at radius 2 is 2.06 bits per heavy atom. The third-order valence-corrected chi connectivity index (χ3v) is 3.72. The van der Waals surface area contributed by atoms with Gasteiger partial charge in [0.05, 0.1) is 19.6 Å². The van der Waals surface area contributed by atoms with E-state index in [9.17, 15) is 4.79 Å². The van der Waals surface area contributed by atoms with E-state index < -0.39 is 0 Å². The number of hydrogen-bond donors (Lipinski definition) is 1. The molecule has 1 rings (SSSR count). The van der Waals surface area contributed by atoms with E-state index in [0.29, 0.717) is 13.0 Å². The lowest BCUT2D eigenvalue weighted by atomic mass is 9.55. The summed E-state index contributed by atoms with van der Waals surface area (Å²) in [6.07, 6.45) is 2.33. The van der Waals surface area contributed by atoms with E-state index >= 15 is 0 Å². The molecule has 4 nitrogen and oxygen atoms in total. The van der Waals surface area contributed by atoms with Crippen LogP contribution in [0.1, 0.15) is 40.0 Å². The Hall–Kier alpha value is -0.610. The van der Waals surface area contributed by atoms with Crippen LogP contribution in [0, 0.1) is 5.41 Å². The lowest BCUT2D eigenvalue weighted by molar-refractivity contribution is -0.156. The zero-order valence-corrected chi connectivity index (χ0v) is 10.7. The van der Waals surface area contributed by atoms with Crippen molar-refractivity contribution in [3.63, 3.8) is 0 Å². The summed E-state index contributed by atoms with van der Waals surface area (Å²) >= 11 is 0. The predicted octanol–water partition coefficient (Wildman–Crippen LogP) is 1.47. The summed E-state index contributed by atoms with van der Waals surface area (Å²) in [5.41, 5.74) is 5.63. The van der Waals surface area contributed by atoms with Crippen molar-refractivity contribution < 1.29 is 14.3 Å². The maximum absolute atomic E-state index is 11.4. The molecule has 0 bridgehead atoms. The summed E-state index contributed by atoms with van der Waals surface area (Å²) in [4.78, 5) is 11.4. The van der Waals surface area contributed by atoms with Gasteiger partial charge in [-0.2, -0.15) is 0 Å². The molecule has 0 heterocycles. The van der Waals surface area contributed by atoms with Crippen LogP contribution in [0.4, 0.5) is 0 Å². The highest BCUT2D eigenvalue weighted by Crippen LogP contribution is 2.52. The smallest absolute Gasteiger partial charge is 0.306 e. The maximum atomic E-state index is 11.4. The van der Waals surface area contributed by atoms with Crippen LogP contribution < -0.4 is 5.73 Å². The Bertz CT molecular complexity index is 251. The molecule has 4 heteroatoms. The number of methoxy groups -OCH3 is 1. The van der Waals surface area contributed by atoms with E-state index in [1.807, 2.05) is 20.8 Å². The van der Waals surface area contributed by atoms with Crippen molar-refractivity contribution in [2.75, 3.05) is 13.7 Å². The second-order valence-electron chi connectivity index (χ2n) is 5.24. The van der Waals surface area contributed by atoms with E-state index in [4.69, 9.17) is 15.2 Å². The summed E-state index contributed by atoms with van der Waals surface area (Å²) in [6.45, 7) is 6.63. The van der Waals surface area contributed by atoms with Crippen LogP contribution in [-0.4, -0.2) is 31.3 Å². The van der Waals surface area contributed by atoms with Gasteiger partial charge in [0.1, 0.15) is 0 Å². The highest BCUT2D eigenvalue weighted by atomic mass is 16.5. The summed E-state index contributed by atoms with van der Waals surface area (Å²) in [6, 6.07) is 0. The minimum atomic E-state index is -0.380. The topological polar surface area (TPSA) is 61.5 Å². The molecule has 1 saturated carbocycles. The lowest BCUT2D eigenvalue weighted by Crippen LogP contribution is -2.60. The van der Waals surface area contributed by atoms with Crippen LogP contribution in [0.5, 0.6) is 0 Å². The van der Waals surface area contributed by atoms with E-state index in [0.717, 1.165) is 12.8 Å². The van der Waals surface area contributed by atoms with Crippen LogP contribution in [0.3, 0.4) is 0 Å². The second-order valence-corrected chi connectivity index (χ2v) is 5.24. The van der Waals surface area contributed by atoms with Gasteiger partial charge in [0.15, 0.2) is 0 Å². The molecular weight excluding hydrogens is 206 g/mol. The van der Waals surface area contributed by atoms with Crippen LogP contribution >= 0.6 is 0 Å². The van der Waals surface area contributed by atoms with Gasteiger partial charge in [0.25, 0.3) is 0 Å². The Morgan fingerprint density at radius 1 is 1.50 bits per heavy atom. The number of nitrogens with two attached hydrogens (primary N) is 1. The Labute approximate surface area is 97.5 Å². The first kappa shape index (κ1) is 13.5. The number of carbonyl (C=O) groups excluding carboxylic acids is 1. The average molecular weight is 229 g/mol. The zero-order chi connectivity index (χ0) is 12.4. The van der Waals surface area contributed by atoms with Crippen molar-refractivity contribution in [3.05, 3.63) is 0 Å². The minimum Gasteiger partial charge on any atom is -0.469 e. The SMILES string of the molecule is CCOC1CC(CC(=O)OC)(C(C)(C)N)C1. The van der Waals surface area contributed by atoms with Crippen molar-refractivity contribution >= 4 is 5.97 Å². The first-order chi connectivity index (χ1) is 7.34. The molecule has 0 unspecified atom stereocenters. The first-order valence-electron chi connectivity index (χ1n) is 5.82. The third kappa shape index (κ3) is 2.55. The molecule has 0 atom stereocenters. The van der Waals surface area contributed by atoms with Crippen molar-refractivity contribution in [2.45, 2.75) is 51.7 Å². The number of esters is 1. The van der Waals surface area contributed by atoms with Gasteiger partial charge < -0.3 is 15.2 Å². The van der Waals surface area contributed by atoms with Gasteiger partial charge in [0.2, 0.25) is 0 Å². The highest BCUT2D eigenvalue weighted by Gasteiger charge is 2.54. The average Bonchev–Trinajstić information content (AvgIpc) is 2.12. The quantitative estimate of drug-likeness (QED) is 0.725. The molecule has 0 aromatic carbocycles. The molecule has 16 heavy (non-hydrogen) atoms. The van der Waals surface area contributed by atoms with Gasteiger partial charge in [0, 0.05) is 17.6 Å². The van der Waals surface area contributed by atoms with Gasteiger partial charge in [-0.1, -0.05) is 0 Å². The standard InChI is InChI=1S/C12H23NO3/c1-5-16-9-6-12(7-9,11(2,3)13)8-10(14)15-4/h9H,5-8,13H2,1-4H3.